The third-order valence-electron chi connectivity index (χ3n) is 2.08. The van der Waals surface area contributed by atoms with Crippen LogP contribution in [0, 0.1) is 0 Å². The lowest BCUT2D eigenvalue weighted by Crippen LogP contribution is -1.80. The van der Waals surface area contributed by atoms with E-state index in [1.165, 1.54) is 12.1 Å². The molecular weight excluding hydrogens is 202 g/mol. The minimum absolute atomic E-state index is 0. The molecule has 2 aromatic heterocycles. The van der Waals surface area contributed by atoms with Crippen LogP contribution < -0.4 is 0 Å². The topological polar surface area (TPSA) is 54.7 Å². The average Bonchev–Trinajstić information content (AvgIpc) is 2.92. The Kier molecular flexibility index (Phi) is 5.99. The number of rotatable bonds is 4. The molecule has 1 N–H and O–H groups in total. The van der Waals surface area contributed by atoms with E-state index in [9.17, 15) is 0 Å². The van der Waals surface area contributed by atoms with E-state index in [1.807, 2.05) is 12.1 Å². The highest BCUT2D eigenvalue weighted by molar-refractivity contribution is 4.96. The maximum absolute atomic E-state index is 4.62. The van der Waals surface area contributed by atoms with Gasteiger partial charge in [-0.3, -0.25) is 5.10 Å². The third kappa shape index (κ3) is 4.77. The number of hydrogen-bond acceptors (Lipinski definition) is 3. The largest absolute Gasteiger partial charge is 0.365 e. The van der Waals surface area contributed by atoms with E-state index in [0.29, 0.717) is 0 Å². The Balaban J connectivity index is 0.000000284. The smallest absolute Gasteiger partial charge is 0.124 e. The van der Waals surface area contributed by atoms with Crippen LogP contribution in [0.3, 0.4) is 0 Å². The van der Waals surface area contributed by atoms with Crippen molar-refractivity contribution in [1.29, 1.82) is 0 Å². The fraction of sp³-hybridized carbons (Fsp3) is 0.500. The minimum atomic E-state index is 0. The molecule has 0 radical (unpaired) electrons. The van der Waals surface area contributed by atoms with Crippen LogP contribution in [-0.4, -0.2) is 15.4 Å². The van der Waals surface area contributed by atoms with Crippen LogP contribution in [0.25, 0.3) is 0 Å². The molecule has 0 spiro atoms. The summed E-state index contributed by atoms with van der Waals surface area (Å²) in [5.74, 6) is 0. The molecule has 0 aromatic carbocycles. The van der Waals surface area contributed by atoms with E-state index in [1.54, 1.807) is 12.5 Å². The van der Waals surface area contributed by atoms with E-state index in [2.05, 4.69) is 33.7 Å². The Labute approximate surface area is 97.5 Å². The molecule has 0 unspecified atom stereocenters. The van der Waals surface area contributed by atoms with Crippen molar-refractivity contribution in [3.63, 3.8) is 0 Å². The monoisotopic (exact) mass is 223 g/mol. The van der Waals surface area contributed by atoms with Gasteiger partial charge in [0.15, 0.2) is 0 Å². The van der Waals surface area contributed by atoms with Crippen molar-refractivity contribution in [3.8, 4) is 0 Å². The zero-order chi connectivity index (χ0) is 11.6. The fourth-order valence-corrected chi connectivity index (χ4v) is 1.32. The van der Waals surface area contributed by atoms with Gasteiger partial charge in [0, 0.05) is 19.4 Å². The predicted octanol–water partition coefficient (Wildman–Crippen LogP) is 3.24. The van der Waals surface area contributed by atoms with Crippen LogP contribution in [0.5, 0.6) is 0 Å². The second kappa shape index (κ2) is 7.68. The summed E-state index contributed by atoms with van der Waals surface area (Å²) < 4.78 is 4.62. The van der Waals surface area contributed by atoms with Gasteiger partial charge in [-0.25, -0.2) is 0 Å². The van der Waals surface area contributed by atoms with E-state index in [-0.39, 0.29) is 1.43 Å². The first-order valence-corrected chi connectivity index (χ1v) is 5.74. The van der Waals surface area contributed by atoms with Crippen LogP contribution in [0.1, 0.15) is 39.5 Å². The first-order valence-electron chi connectivity index (χ1n) is 5.74. The molecule has 2 rings (SSSR count). The summed E-state index contributed by atoms with van der Waals surface area (Å²) in [5.41, 5.74) is 2.28. The quantitative estimate of drug-likeness (QED) is 0.865. The van der Waals surface area contributed by atoms with Crippen molar-refractivity contribution in [2.45, 2.75) is 39.5 Å². The van der Waals surface area contributed by atoms with Crippen molar-refractivity contribution in [3.05, 3.63) is 36.0 Å². The molecule has 0 atom stereocenters. The summed E-state index contributed by atoms with van der Waals surface area (Å²) in [6.45, 7) is 4.27. The average molecular weight is 223 g/mol. The van der Waals surface area contributed by atoms with Gasteiger partial charge in [0.25, 0.3) is 0 Å². The lowest BCUT2D eigenvalue weighted by atomic mass is 10.3. The summed E-state index contributed by atoms with van der Waals surface area (Å²) in [5, 5.41) is 10.4. The van der Waals surface area contributed by atoms with Crippen LogP contribution in [-0.2, 0) is 12.8 Å². The third-order valence-corrected chi connectivity index (χ3v) is 2.08. The van der Waals surface area contributed by atoms with Gasteiger partial charge in [0.1, 0.15) is 6.26 Å². The van der Waals surface area contributed by atoms with Crippen LogP contribution in [0.2, 0.25) is 0 Å². The molecule has 4 heteroatoms. The number of aromatic nitrogens is 3. The molecule has 0 aliphatic rings. The summed E-state index contributed by atoms with van der Waals surface area (Å²) in [4.78, 5) is 0. The van der Waals surface area contributed by atoms with Gasteiger partial charge in [0.2, 0.25) is 0 Å². The lowest BCUT2D eigenvalue weighted by molar-refractivity contribution is 0.411. The molecule has 4 nitrogen and oxygen atoms in total. The molecule has 0 saturated carbocycles. The highest BCUT2D eigenvalue weighted by atomic mass is 16.5. The van der Waals surface area contributed by atoms with Crippen molar-refractivity contribution in [2.24, 2.45) is 0 Å². The van der Waals surface area contributed by atoms with Gasteiger partial charge in [-0.05, 0) is 18.9 Å². The van der Waals surface area contributed by atoms with Crippen LogP contribution in [0.4, 0.5) is 0 Å². The number of aromatic amines is 1. The maximum Gasteiger partial charge on any atom is 0.124 e. The molecule has 0 aliphatic carbocycles. The molecule has 0 fully saturated rings. The standard InChI is InChI=1S/C6H10N2.C6H9NO.H2/c1-2-3-6-4-5-7-8-6;1-2-3-6-4-5-8-7-6;/h4-5H,2-3H2,1H3,(H,7,8);4-5H,2-3H2,1H3;1H. The highest BCUT2D eigenvalue weighted by Gasteiger charge is 1.90. The first-order chi connectivity index (χ1) is 7.86. The van der Waals surface area contributed by atoms with Crippen molar-refractivity contribution >= 4 is 0 Å². The number of H-pyrrole nitrogens is 1. The zero-order valence-corrected chi connectivity index (χ0v) is 9.94. The molecule has 2 aromatic rings. The van der Waals surface area contributed by atoms with Crippen molar-refractivity contribution in [1.82, 2.24) is 15.4 Å². The number of nitrogens with one attached hydrogen (secondary N) is 1. The summed E-state index contributed by atoms with van der Waals surface area (Å²) in [7, 11) is 0. The van der Waals surface area contributed by atoms with E-state index in [4.69, 9.17) is 0 Å². The Hall–Kier alpha value is -1.58. The SMILES string of the molecule is CCCc1ccn[nH]1.CCCc1ccon1.[HH]. The van der Waals surface area contributed by atoms with E-state index >= 15 is 0 Å². The Morgan fingerprint density at radius 1 is 1.25 bits per heavy atom. The van der Waals surface area contributed by atoms with Crippen LogP contribution in [0.15, 0.2) is 29.1 Å². The highest BCUT2D eigenvalue weighted by Crippen LogP contribution is 1.96. The Bertz CT molecular complexity index is 309. The lowest BCUT2D eigenvalue weighted by Gasteiger charge is -1.86. The molecule has 2 heterocycles. The summed E-state index contributed by atoms with van der Waals surface area (Å²) >= 11 is 0. The number of hydrogen-bond donors (Lipinski definition) is 1. The molecule has 0 aliphatic heterocycles. The molecule has 0 amide bonds. The second-order valence-electron chi connectivity index (χ2n) is 3.57. The molecule has 90 valence electrons. The second-order valence-corrected chi connectivity index (χ2v) is 3.57. The van der Waals surface area contributed by atoms with Gasteiger partial charge >= 0.3 is 0 Å². The minimum Gasteiger partial charge on any atom is -0.365 e. The molecule has 0 bridgehead atoms. The molecule has 16 heavy (non-hydrogen) atoms. The Morgan fingerprint density at radius 3 is 2.56 bits per heavy atom. The summed E-state index contributed by atoms with van der Waals surface area (Å²) in [6.07, 6.45) is 7.83. The predicted molar refractivity (Wildman–Crippen MR) is 65.2 cm³/mol. The van der Waals surface area contributed by atoms with E-state index in [0.717, 1.165) is 25.0 Å². The van der Waals surface area contributed by atoms with Gasteiger partial charge in [-0.1, -0.05) is 31.8 Å². The van der Waals surface area contributed by atoms with Crippen LogP contribution >= 0.6 is 0 Å². The van der Waals surface area contributed by atoms with Gasteiger partial charge < -0.3 is 4.52 Å². The summed E-state index contributed by atoms with van der Waals surface area (Å²) in [6, 6.07) is 3.90. The van der Waals surface area contributed by atoms with E-state index < -0.39 is 0 Å². The maximum atomic E-state index is 4.62. The molecular formula is C12H21N3O. The van der Waals surface area contributed by atoms with Crippen molar-refractivity contribution < 1.29 is 5.95 Å². The Morgan fingerprint density at radius 2 is 2.06 bits per heavy atom. The molecule has 0 saturated heterocycles. The normalized spacial score (nSPS) is 9.62. The first kappa shape index (κ1) is 12.5. The zero-order valence-electron chi connectivity index (χ0n) is 9.94. The number of aryl methyl sites for hydroxylation is 2. The van der Waals surface area contributed by atoms with Gasteiger partial charge in [-0.2, -0.15) is 5.10 Å². The fourth-order valence-electron chi connectivity index (χ4n) is 1.32. The van der Waals surface area contributed by atoms with Gasteiger partial charge in [-0.15, -0.1) is 0 Å². The van der Waals surface area contributed by atoms with Gasteiger partial charge in [0.05, 0.1) is 5.69 Å². The van der Waals surface area contributed by atoms with Crippen molar-refractivity contribution in [2.75, 3.05) is 0 Å². The number of nitrogens with zero attached hydrogens (tertiary/aromatic N) is 2.